The maximum Gasteiger partial charge on any atom is 0.250 e. The minimum atomic E-state index is -0.338. The van der Waals surface area contributed by atoms with Gasteiger partial charge in [-0.2, -0.15) is 5.26 Å². The van der Waals surface area contributed by atoms with Crippen LogP contribution in [0.2, 0.25) is 5.02 Å². The third-order valence-corrected chi connectivity index (χ3v) is 6.37. The number of benzene rings is 2. The van der Waals surface area contributed by atoms with Gasteiger partial charge in [0.25, 0.3) is 0 Å². The standard InChI is InChI=1S/C22H19ClN4O3S2/c1-3-30-18-11-16(10-17(23)20(18)29-2)8-9-19(28)25-21-26-27-22(32-21)31-13-15-6-4-14(12-24)5-7-15/h4-11H,3,13H2,1-2H3,(H,25,26,28)/b9-8+. The molecule has 7 nitrogen and oxygen atoms in total. The number of rotatable bonds is 9. The number of hydrogen-bond donors (Lipinski definition) is 1. The van der Waals surface area contributed by atoms with Crippen LogP contribution in [-0.2, 0) is 10.5 Å². The summed E-state index contributed by atoms with van der Waals surface area (Å²) in [5, 5.41) is 20.5. The number of nitrogens with one attached hydrogen (secondary N) is 1. The Kier molecular flexibility index (Phi) is 8.50. The topological polar surface area (TPSA) is 97.1 Å². The molecule has 32 heavy (non-hydrogen) atoms. The molecule has 1 N–H and O–H groups in total. The predicted molar refractivity (Wildman–Crippen MR) is 127 cm³/mol. The third-order valence-electron chi connectivity index (χ3n) is 4.04. The zero-order chi connectivity index (χ0) is 22.9. The monoisotopic (exact) mass is 486 g/mol. The normalized spacial score (nSPS) is 10.7. The molecule has 0 spiro atoms. The predicted octanol–water partition coefficient (Wildman–Crippen LogP) is 5.41. The summed E-state index contributed by atoms with van der Waals surface area (Å²) in [4.78, 5) is 12.3. The lowest BCUT2D eigenvalue weighted by Gasteiger charge is -2.11. The van der Waals surface area contributed by atoms with Gasteiger partial charge < -0.3 is 9.47 Å². The van der Waals surface area contributed by atoms with Gasteiger partial charge in [-0.05, 0) is 48.4 Å². The lowest BCUT2D eigenvalue weighted by Crippen LogP contribution is -2.07. The van der Waals surface area contributed by atoms with Gasteiger partial charge in [0.15, 0.2) is 15.8 Å². The highest BCUT2D eigenvalue weighted by Crippen LogP contribution is 2.36. The summed E-state index contributed by atoms with van der Waals surface area (Å²) in [6.07, 6.45) is 3.02. The van der Waals surface area contributed by atoms with E-state index in [0.717, 1.165) is 9.90 Å². The Labute approximate surface area is 199 Å². The number of aromatic nitrogens is 2. The van der Waals surface area contributed by atoms with E-state index in [-0.39, 0.29) is 5.91 Å². The number of carbonyl (C=O) groups is 1. The molecule has 0 aliphatic rings. The molecule has 1 aromatic heterocycles. The van der Waals surface area contributed by atoms with Gasteiger partial charge in [-0.1, -0.05) is 46.8 Å². The fourth-order valence-electron chi connectivity index (χ4n) is 2.60. The van der Waals surface area contributed by atoms with Gasteiger partial charge in [0.2, 0.25) is 11.0 Å². The number of carbonyl (C=O) groups excluding carboxylic acids is 1. The van der Waals surface area contributed by atoms with E-state index in [1.54, 1.807) is 30.3 Å². The molecular weight excluding hydrogens is 468 g/mol. The SMILES string of the molecule is CCOc1cc(/C=C/C(=O)Nc2nnc(SCc3ccc(C#N)cc3)s2)cc(Cl)c1OC. The minimum Gasteiger partial charge on any atom is -0.491 e. The molecule has 0 unspecified atom stereocenters. The highest BCUT2D eigenvalue weighted by Gasteiger charge is 2.11. The summed E-state index contributed by atoms with van der Waals surface area (Å²) in [5.74, 6) is 1.31. The Morgan fingerprint density at radius 3 is 2.78 bits per heavy atom. The molecule has 0 aliphatic carbocycles. The number of anilines is 1. The number of nitriles is 1. The Balaban J connectivity index is 1.58. The quantitative estimate of drug-likeness (QED) is 0.245. The van der Waals surface area contributed by atoms with E-state index >= 15 is 0 Å². The average molecular weight is 487 g/mol. The van der Waals surface area contributed by atoms with E-state index in [9.17, 15) is 4.79 Å². The molecule has 2 aromatic carbocycles. The van der Waals surface area contributed by atoms with Crippen LogP contribution in [0.1, 0.15) is 23.6 Å². The molecule has 3 rings (SSSR count). The summed E-state index contributed by atoms with van der Waals surface area (Å²) in [6, 6.07) is 12.9. The second kappa shape index (κ2) is 11.5. The molecule has 0 saturated carbocycles. The number of thioether (sulfide) groups is 1. The van der Waals surface area contributed by atoms with Crippen LogP contribution in [0.15, 0.2) is 46.8 Å². The summed E-state index contributed by atoms with van der Waals surface area (Å²) in [5.41, 5.74) is 2.39. The first-order chi connectivity index (χ1) is 15.5. The number of methoxy groups -OCH3 is 1. The molecule has 0 saturated heterocycles. The van der Waals surface area contributed by atoms with Crippen LogP contribution in [0.25, 0.3) is 6.08 Å². The number of ether oxygens (including phenoxy) is 2. The molecule has 10 heteroatoms. The summed E-state index contributed by atoms with van der Waals surface area (Å²) in [7, 11) is 1.52. The second-order valence-electron chi connectivity index (χ2n) is 6.26. The molecule has 1 heterocycles. The smallest absolute Gasteiger partial charge is 0.250 e. The lowest BCUT2D eigenvalue weighted by molar-refractivity contribution is -0.111. The van der Waals surface area contributed by atoms with Gasteiger partial charge in [-0.15, -0.1) is 10.2 Å². The number of amides is 1. The van der Waals surface area contributed by atoms with Gasteiger partial charge in [0.05, 0.1) is 30.4 Å². The van der Waals surface area contributed by atoms with E-state index in [2.05, 4.69) is 21.6 Å². The highest BCUT2D eigenvalue weighted by molar-refractivity contribution is 8.00. The number of nitrogens with zero attached hydrogens (tertiary/aromatic N) is 3. The molecule has 0 radical (unpaired) electrons. The van der Waals surface area contributed by atoms with Crippen LogP contribution in [0, 0.1) is 11.3 Å². The van der Waals surface area contributed by atoms with Gasteiger partial charge in [-0.3, -0.25) is 10.1 Å². The maximum atomic E-state index is 12.3. The van der Waals surface area contributed by atoms with Gasteiger partial charge in [0.1, 0.15) is 0 Å². The van der Waals surface area contributed by atoms with Crippen molar-refractivity contribution in [3.8, 4) is 17.6 Å². The Morgan fingerprint density at radius 1 is 1.31 bits per heavy atom. The first-order valence-electron chi connectivity index (χ1n) is 9.47. The molecule has 0 fully saturated rings. The molecule has 164 valence electrons. The number of hydrogen-bond acceptors (Lipinski definition) is 8. The van der Waals surface area contributed by atoms with Crippen LogP contribution in [0.5, 0.6) is 11.5 Å². The summed E-state index contributed by atoms with van der Waals surface area (Å²) < 4.78 is 11.5. The van der Waals surface area contributed by atoms with E-state index < -0.39 is 0 Å². The molecule has 0 atom stereocenters. The largest absolute Gasteiger partial charge is 0.491 e. The van der Waals surface area contributed by atoms with Crippen molar-refractivity contribution in [3.63, 3.8) is 0 Å². The zero-order valence-electron chi connectivity index (χ0n) is 17.3. The van der Waals surface area contributed by atoms with Crippen LogP contribution in [0.4, 0.5) is 5.13 Å². The molecule has 3 aromatic rings. The van der Waals surface area contributed by atoms with Crippen molar-refractivity contribution >= 4 is 51.8 Å². The van der Waals surface area contributed by atoms with Crippen molar-refractivity contribution in [3.05, 3.63) is 64.2 Å². The van der Waals surface area contributed by atoms with Crippen molar-refractivity contribution in [2.45, 2.75) is 17.0 Å². The first kappa shape index (κ1) is 23.6. The van der Waals surface area contributed by atoms with Crippen molar-refractivity contribution in [1.82, 2.24) is 10.2 Å². The lowest BCUT2D eigenvalue weighted by atomic mass is 10.2. The molecule has 1 amide bonds. The Bertz CT molecular complexity index is 1160. The fraction of sp³-hybridized carbons (Fsp3) is 0.182. The van der Waals surface area contributed by atoms with Crippen LogP contribution < -0.4 is 14.8 Å². The summed E-state index contributed by atoms with van der Waals surface area (Å²) in [6.45, 7) is 2.32. The maximum absolute atomic E-state index is 12.3. The van der Waals surface area contributed by atoms with Crippen LogP contribution >= 0.6 is 34.7 Å². The van der Waals surface area contributed by atoms with Crippen molar-refractivity contribution in [1.29, 1.82) is 5.26 Å². The van der Waals surface area contributed by atoms with E-state index in [1.807, 2.05) is 19.1 Å². The van der Waals surface area contributed by atoms with E-state index in [0.29, 0.717) is 45.1 Å². The van der Waals surface area contributed by atoms with Crippen molar-refractivity contribution < 1.29 is 14.3 Å². The average Bonchev–Trinajstić information content (AvgIpc) is 3.24. The molecular formula is C22H19ClN4O3S2. The van der Waals surface area contributed by atoms with E-state index in [4.69, 9.17) is 26.3 Å². The van der Waals surface area contributed by atoms with Crippen molar-refractivity contribution in [2.75, 3.05) is 19.0 Å². The van der Waals surface area contributed by atoms with Crippen molar-refractivity contribution in [2.24, 2.45) is 0 Å². The fourth-order valence-corrected chi connectivity index (χ4v) is 4.61. The Morgan fingerprint density at radius 2 is 2.09 bits per heavy atom. The van der Waals surface area contributed by atoms with Gasteiger partial charge >= 0.3 is 0 Å². The van der Waals surface area contributed by atoms with Crippen LogP contribution in [0.3, 0.4) is 0 Å². The highest BCUT2D eigenvalue weighted by atomic mass is 35.5. The van der Waals surface area contributed by atoms with Gasteiger partial charge in [-0.25, -0.2) is 0 Å². The first-order valence-corrected chi connectivity index (χ1v) is 11.6. The number of halogens is 1. The van der Waals surface area contributed by atoms with E-state index in [1.165, 1.54) is 36.3 Å². The molecule has 0 bridgehead atoms. The van der Waals surface area contributed by atoms with Gasteiger partial charge in [0, 0.05) is 11.8 Å². The second-order valence-corrected chi connectivity index (χ2v) is 8.87. The summed E-state index contributed by atoms with van der Waals surface area (Å²) >= 11 is 9.03. The molecule has 0 aliphatic heterocycles. The third kappa shape index (κ3) is 6.47. The Hall–Kier alpha value is -3.06. The van der Waals surface area contributed by atoms with Crippen LogP contribution in [-0.4, -0.2) is 29.8 Å². The minimum absolute atomic E-state index is 0.338. The zero-order valence-corrected chi connectivity index (χ0v) is 19.7.